The van der Waals surface area contributed by atoms with Crippen LogP contribution in [0.3, 0.4) is 0 Å². The Morgan fingerprint density at radius 2 is 1.97 bits per heavy atom. The van der Waals surface area contributed by atoms with Gasteiger partial charge in [-0.05, 0) is 54.3 Å². The van der Waals surface area contributed by atoms with E-state index in [0.29, 0.717) is 6.61 Å². The fraction of sp³-hybridized carbons (Fsp3) is 0.231. The van der Waals surface area contributed by atoms with Crippen molar-refractivity contribution in [2.24, 2.45) is 0 Å². The second-order valence-electron chi connectivity index (χ2n) is 7.80. The van der Waals surface area contributed by atoms with Crippen LogP contribution >= 0.6 is 0 Å². The number of nitrogens with zero attached hydrogens (tertiary/aromatic N) is 1. The number of fused-ring (bicyclic) bond motifs is 1. The number of nitrogens with one attached hydrogen (secondary N) is 2. The van der Waals surface area contributed by atoms with E-state index in [4.69, 9.17) is 4.74 Å². The van der Waals surface area contributed by atoms with Gasteiger partial charge in [0.05, 0.1) is 13.0 Å². The molecular weight excluding hydrogens is 402 g/mol. The average molecular weight is 430 g/mol. The maximum Gasteiger partial charge on any atom is 0.304 e. The van der Waals surface area contributed by atoms with Gasteiger partial charge >= 0.3 is 5.97 Å². The molecule has 4 aromatic rings. The van der Waals surface area contributed by atoms with Gasteiger partial charge in [0.2, 0.25) is 0 Å². The fourth-order valence-electron chi connectivity index (χ4n) is 3.99. The quantitative estimate of drug-likeness (QED) is 0.296. The van der Waals surface area contributed by atoms with Gasteiger partial charge in [-0.1, -0.05) is 30.3 Å². The Kier molecular flexibility index (Phi) is 6.70. The van der Waals surface area contributed by atoms with Gasteiger partial charge in [0.15, 0.2) is 0 Å². The average Bonchev–Trinajstić information content (AvgIpc) is 3.21. The number of carboxylic acid groups (broad SMARTS) is 1. The molecular formula is C26H27N3O3. The molecule has 4 rings (SSSR count). The maximum atomic E-state index is 11.6. The summed E-state index contributed by atoms with van der Waals surface area (Å²) < 4.78 is 5.92. The normalized spacial score (nSPS) is 11.9. The van der Waals surface area contributed by atoms with Crippen molar-refractivity contribution < 1.29 is 14.6 Å². The highest BCUT2D eigenvalue weighted by molar-refractivity contribution is 5.86. The van der Waals surface area contributed by atoms with E-state index in [1.165, 1.54) is 0 Å². The molecule has 0 aliphatic heterocycles. The number of aliphatic carboxylic acids is 1. The van der Waals surface area contributed by atoms with Crippen molar-refractivity contribution in [1.82, 2.24) is 9.97 Å². The van der Waals surface area contributed by atoms with Crippen LogP contribution in [0.1, 0.15) is 35.4 Å². The number of H-pyrrole nitrogens is 1. The number of anilines is 1. The Labute approximate surface area is 187 Å². The minimum absolute atomic E-state index is 0.0410. The van der Waals surface area contributed by atoms with Gasteiger partial charge in [0.1, 0.15) is 11.6 Å². The molecule has 2 heterocycles. The van der Waals surface area contributed by atoms with E-state index in [-0.39, 0.29) is 12.3 Å². The van der Waals surface area contributed by atoms with Crippen LogP contribution in [0.25, 0.3) is 10.9 Å². The molecule has 0 saturated heterocycles. The van der Waals surface area contributed by atoms with Crippen molar-refractivity contribution >= 4 is 22.7 Å². The van der Waals surface area contributed by atoms with Crippen LogP contribution in [-0.2, 0) is 4.79 Å². The molecule has 1 unspecified atom stereocenters. The van der Waals surface area contributed by atoms with Crippen LogP contribution in [0.15, 0.2) is 73.1 Å². The number of benzene rings is 2. The van der Waals surface area contributed by atoms with Crippen molar-refractivity contribution in [3.05, 3.63) is 89.7 Å². The molecule has 0 radical (unpaired) electrons. The molecule has 2 aromatic carbocycles. The first-order valence-corrected chi connectivity index (χ1v) is 10.8. The first kappa shape index (κ1) is 21.4. The molecule has 2 aromatic heterocycles. The molecule has 32 heavy (non-hydrogen) atoms. The minimum Gasteiger partial charge on any atom is -0.493 e. The van der Waals surface area contributed by atoms with Gasteiger partial charge in [-0.25, -0.2) is 4.98 Å². The minimum atomic E-state index is -0.813. The Morgan fingerprint density at radius 1 is 1.12 bits per heavy atom. The Morgan fingerprint density at radius 3 is 2.75 bits per heavy atom. The highest BCUT2D eigenvalue weighted by Crippen LogP contribution is 2.36. The summed E-state index contributed by atoms with van der Waals surface area (Å²) in [6, 6.07) is 19.7. The standard InChI is InChI=1S/C26H27N3O3/c1-18-7-2-3-8-20(18)22(16-26(30)31)23-17-29-24-15-19(10-11-21(23)24)32-14-6-13-28-25-9-4-5-12-27-25/h2-5,7-12,15,17,22,29H,6,13-14,16H2,1H3,(H,27,28)(H,30,31). The molecule has 0 aliphatic rings. The third-order valence-electron chi connectivity index (χ3n) is 5.56. The van der Waals surface area contributed by atoms with Gasteiger partial charge in [-0.3, -0.25) is 4.79 Å². The second-order valence-corrected chi connectivity index (χ2v) is 7.80. The third-order valence-corrected chi connectivity index (χ3v) is 5.56. The second kappa shape index (κ2) is 10.0. The third kappa shape index (κ3) is 5.09. The molecule has 0 spiro atoms. The topological polar surface area (TPSA) is 87.2 Å². The van der Waals surface area contributed by atoms with Crippen molar-refractivity contribution in [2.75, 3.05) is 18.5 Å². The van der Waals surface area contributed by atoms with Gasteiger partial charge in [-0.15, -0.1) is 0 Å². The number of aromatic nitrogens is 2. The summed E-state index contributed by atoms with van der Waals surface area (Å²) in [6.07, 6.45) is 4.57. The van der Waals surface area contributed by atoms with Crippen LogP contribution in [0.2, 0.25) is 0 Å². The number of hydrogen-bond donors (Lipinski definition) is 3. The predicted molar refractivity (Wildman–Crippen MR) is 126 cm³/mol. The number of carboxylic acids is 1. The number of aromatic amines is 1. The van der Waals surface area contributed by atoms with Crippen LogP contribution in [0.4, 0.5) is 5.82 Å². The molecule has 1 atom stereocenters. The van der Waals surface area contributed by atoms with Crippen molar-refractivity contribution in [2.45, 2.75) is 25.7 Å². The summed E-state index contributed by atoms with van der Waals surface area (Å²) in [4.78, 5) is 19.1. The monoisotopic (exact) mass is 429 g/mol. The summed E-state index contributed by atoms with van der Waals surface area (Å²) in [6.45, 7) is 3.39. The van der Waals surface area contributed by atoms with Crippen molar-refractivity contribution in [1.29, 1.82) is 0 Å². The Bertz CT molecular complexity index is 1190. The lowest BCUT2D eigenvalue weighted by molar-refractivity contribution is -0.137. The summed E-state index contributed by atoms with van der Waals surface area (Å²) >= 11 is 0. The zero-order valence-corrected chi connectivity index (χ0v) is 18.0. The highest BCUT2D eigenvalue weighted by atomic mass is 16.5. The maximum absolute atomic E-state index is 11.6. The zero-order chi connectivity index (χ0) is 22.3. The summed E-state index contributed by atoms with van der Waals surface area (Å²) in [5.41, 5.74) is 4.06. The Hall–Kier alpha value is -3.80. The van der Waals surface area contributed by atoms with Gasteiger partial charge in [-0.2, -0.15) is 0 Å². The van der Waals surface area contributed by atoms with Gasteiger partial charge < -0.3 is 20.1 Å². The summed E-state index contributed by atoms with van der Waals surface area (Å²) in [5.74, 6) is 0.616. The molecule has 6 heteroatoms. The van der Waals surface area contributed by atoms with E-state index in [1.807, 2.05) is 73.8 Å². The van der Waals surface area contributed by atoms with Crippen molar-refractivity contribution in [3.8, 4) is 5.75 Å². The Balaban J connectivity index is 1.44. The van der Waals surface area contributed by atoms with E-state index in [2.05, 4.69) is 15.3 Å². The first-order valence-electron chi connectivity index (χ1n) is 10.8. The zero-order valence-electron chi connectivity index (χ0n) is 18.0. The lowest BCUT2D eigenvalue weighted by Crippen LogP contribution is -2.09. The highest BCUT2D eigenvalue weighted by Gasteiger charge is 2.22. The number of aryl methyl sites for hydroxylation is 1. The van der Waals surface area contributed by atoms with E-state index in [0.717, 1.165) is 52.1 Å². The molecule has 0 saturated carbocycles. The molecule has 0 fully saturated rings. The van der Waals surface area contributed by atoms with E-state index < -0.39 is 5.97 Å². The number of rotatable bonds is 10. The molecule has 3 N–H and O–H groups in total. The fourth-order valence-corrected chi connectivity index (χ4v) is 3.99. The van der Waals surface area contributed by atoms with Gasteiger partial charge in [0, 0.05) is 41.8 Å². The number of carbonyl (C=O) groups is 1. The predicted octanol–water partition coefficient (Wildman–Crippen LogP) is 5.36. The van der Waals surface area contributed by atoms with Crippen molar-refractivity contribution in [3.63, 3.8) is 0 Å². The van der Waals surface area contributed by atoms with Crippen LogP contribution in [-0.4, -0.2) is 34.2 Å². The number of hydrogen-bond acceptors (Lipinski definition) is 4. The van der Waals surface area contributed by atoms with E-state index in [1.54, 1.807) is 6.20 Å². The van der Waals surface area contributed by atoms with Gasteiger partial charge in [0.25, 0.3) is 0 Å². The summed E-state index contributed by atoms with van der Waals surface area (Å²) in [7, 11) is 0. The van der Waals surface area contributed by atoms with E-state index in [9.17, 15) is 9.90 Å². The largest absolute Gasteiger partial charge is 0.493 e. The molecule has 0 aliphatic carbocycles. The molecule has 6 nitrogen and oxygen atoms in total. The lowest BCUT2D eigenvalue weighted by atomic mass is 9.86. The van der Waals surface area contributed by atoms with Crippen LogP contribution in [0.5, 0.6) is 5.75 Å². The van der Waals surface area contributed by atoms with Crippen LogP contribution < -0.4 is 10.1 Å². The SMILES string of the molecule is Cc1ccccc1C(CC(=O)O)c1c[nH]c2cc(OCCCNc3ccccn3)ccc12. The van der Waals surface area contributed by atoms with E-state index >= 15 is 0 Å². The number of ether oxygens (including phenoxy) is 1. The first-order chi connectivity index (χ1) is 15.6. The van der Waals surface area contributed by atoms with Crippen LogP contribution in [0, 0.1) is 6.92 Å². The lowest BCUT2D eigenvalue weighted by Gasteiger charge is -2.17. The molecule has 0 bridgehead atoms. The smallest absolute Gasteiger partial charge is 0.304 e. The summed E-state index contributed by atoms with van der Waals surface area (Å²) in [5, 5.41) is 13.8. The molecule has 164 valence electrons. The molecule has 0 amide bonds. The number of pyridine rings is 1.